The number of carbonyl (C=O) groups is 1. The third-order valence-electron chi connectivity index (χ3n) is 5.71. The molecule has 0 heterocycles. The van der Waals surface area contributed by atoms with Crippen molar-refractivity contribution < 1.29 is 66.4 Å². The molecule has 0 amide bonds. The van der Waals surface area contributed by atoms with Crippen LogP contribution in [-0.2, 0) is 66.4 Å². The molecule has 0 atom stereocenters. The Kier molecular flexibility index (Phi) is 40.9. The SMILES string of the molecule is C=CC(=O)CCCCOCCOCCOCCOCCOCCOCCOCCOCCOCCOCCOCCOCCOC. The van der Waals surface area contributed by atoms with E-state index < -0.39 is 0 Å². The number of hydrogen-bond acceptors (Lipinski definition) is 14. The molecule has 0 aliphatic rings. The minimum atomic E-state index is 0.0772. The maximum absolute atomic E-state index is 11.1. The Hall–Kier alpha value is -1.11. The summed E-state index contributed by atoms with van der Waals surface area (Å²) >= 11 is 0. The Balaban J connectivity index is 3.05. The molecular formula is C32H62O14. The normalized spacial score (nSPS) is 11.4. The number of carbonyl (C=O) groups excluding carboxylic acids is 1. The molecule has 0 bridgehead atoms. The first-order valence-electron chi connectivity index (χ1n) is 16.4. The van der Waals surface area contributed by atoms with Gasteiger partial charge in [0.25, 0.3) is 0 Å². The monoisotopic (exact) mass is 670 g/mol. The molecule has 0 fully saturated rings. The van der Waals surface area contributed by atoms with Gasteiger partial charge in [0.05, 0.1) is 159 Å². The summed E-state index contributed by atoms with van der Waals surface area (Å²) in [6.45, 7) is 16.6. The van der Waals surface area contributed by atoms with Crippen molar-refractivity contribution in [2.24, 2.45) is 0 Å². The summed E-state index contributed by atoms with van der Waals surface area (Å²) in [4.78, 5) is 11.1. The predicted octanol–water partition coefficient (Wildman–Crippen LogP) is 1.76. The van der Waals surface area contributed by atoms with E-state index >= 15 is 0 Å². The van der Waals surface area contributed by atoms with Gasteiger partial charge in [0.2, 0.25) is 0 Å². The van der Waals surface area contributed by atoms with Crippen LogP contribution in [0.4, 0.5) is 0 Å². The number of ketones is 1. The van der Waals surface area contributed by atoms with Crippen LogP contribution in [0.3, 0.4) is 0 Å². The van der Waals surface area contributed by atoms with E-state index in [2.05, 4.69) is 6.58 Å². The highest BCUT2D eigenvalue weighted by molar-refractivity contribution is 5.88. The minimum absolute atomic E-state index is 0.0772. The van der Waals surface area contributed by atoms with E-state index in [1.165, 1.54) is 6.08 Å². The van der Waals surface area contributed by atoms with Gasteiger partial charge in [-0.05, 0) is 18.9 Å². The van der Waals surface area contributed by atoms with E-state index in [0.29, 0.717) is 172 Å². The van der Waals surface area contributed by atoms with Crippen molar-refractivity contribution in [3.8, 4) is 0 Å². The second-order valence-corrected chi connectivity index (χ2v) is 9.47. The smallest absolute Gasteiger partial charge is 0.155 e. The molecule has 0 saturated heterocycles. The van der Waals surface area contributed by atoms with Crippen LogP contribution in [0.2, 0.25) is 0 Å². The van der Waals surface area contributed by atoms with Crippen LogP contribution in [0.25, 0.3) is 0 Å². The van der Waals surface area contributed by atoms with Crippen molar-refractivity contribution in [1.82, 2.24) is 0 Å². The summed E-state index contributed by atoms with van der Waals surface area (Å²) in [5.41, 5.74) is 0. The predicted molar refractivity (Wildman–Crippen MR) is 171 cm³/mol. The van der Waals surface area contributed by atoms with Gasteiger partial charge in [-0.3, -0.25) is 4.79 Å². The maximum Gasteiger partial charge on any atom is 0.155 e. The molecule has 0 radical (unpaired) electrons. The Morgan fingerprint density at radius 2 is 0.587 bits per heavy atom. The number of hydrogen-bond donors (Lipinski definition) is 0. The summed E-state index contributed by atoms with van der Waals surface area (Å²) in [6.07, 6.45) is 3.57. The average Bonchev–Trinajstić information content (AvgIpc) is 3.07. The lowest BCUT2D eigenvalue weighted by Crippen LogP contribution is -2.15. The van der Waals surface area contributed by atoms with E-state index in [1.807, 2.05) is 0 Å². The standard InChI is InChI=1S/C32H62O14/c1-3-32(33)6-4-5-7-35-10-11-37-14-15-39-18-19-41-22-23-43-26-27-45-30-31-46-29-28-44-25-24-42-21-20-40-17-16-38-13-12-36-9-8-34-2/h3H,1,4-31H2,2H3. The molecular weight excluding hydrogens is 608 g/mol. The molecule has 0 saturated carbocycles. The molecule has 0 N–H and O–H groups in total. The lowest BCUT2D eigenvalue weighted by molar-refractivity contribution is -0.114. The van der Waals surface area contributed by atoms with Crippen molar-refractivity contribution in [1.29, 1.82) is 0 Å². The van der Waals surface area contributed by atoms with E-state index in [-0.39, 0.29) is 5.78 Å². The minimum Gasteiger partial charge on any atom is -0.382 e. The van der Waals surface area contributed by atoms with E-state index in [4.69, 9.17) is 61.6 Å². The second-order valence-electron chi connectivity index (χ2n) is 9.47. The average molecular weight is 671 g/mol. The van der Waals surface area contributed by atoms with E-state index in [1.54, 1.807) is 7.11 Å². The largest absolute Gasteiger partial charge is 0.382 e. The molecule has 0 aliphatic heterocycles. The van der Waals surface area contributed by atoms with Gasteiger partial charge < -0.3 is 61.6 Å². The third kappa shape index (κ3) is 40.9. The molecule has 0 unspecified atom stereocenters. The fourth-order valence-corrected chi connectivity index (χ4v) is 3.27. The number of ether oxygens (including phenoxy) is 13. The molecule has 0 spiro atoms. The zero-order chi connectivity index (χ0) is 33.3. The summed E-state index contributed by atoms with van der Waals surface area (Å²) in [6, 6.07) is 0. The molecule has 274 valence electrons. The van der Waals surface area contributed by atoms with Crippen LogP contribution in [0.15, 0.2) is 12.7 Å². The Morgan fingerprint density at radius 3 is 0.804 bits per heavy atom. The van der Waals surface area contributed by atoms with Gasteiger partial charge in [0.15, 0.2) is 5.78 Å². The van der Waals surface area contributed by atoms with Crippen molar-refractivity contribution in [3.05, 3.63) is 12.7 Å². The second kappa shape index (κ2) is 41.9. The lowest BCUT2D eigenvalue weighted by Gasteiger charge is -2.09. The summed E-state index contributed by atoms with van der Waals surface area (Å²) in [7, 11) is 1.64. The van der Waals surface area contributed by atoms with Crippen LogP contribution in [0.5, 0.6) is 0 Å². The first kappa shape index (κ1) is 44.9. The van der Waals surface area contributed by atoms with Crippen LogP contribution < -0.4 is 0 Å². The number of unbranched alkanes of at least 4 members (excludes halogenated alkanes) is 1. The van der Waals surface area contributed by atoms with Gasteiger partial charge >= 0.3 is 0 Å². The zero-order valence-electron chi connectivity index (χ0n) is 28.3. The first-order valence-corrected chi connectivity index (χ1v) is 16.4. The van der Waals surface area contributed by atoms with Gasteiger partial charge in [0.1, 0.15) is 0 Å². The van der Waals surface area contributed by atoms with Crippen molar-refractivity contribution in [3.63, 3.8) is 0 Å². The molecule has 0 rings (SSSR count). The van der Waals surface area contributed by atoms with Crippen LogP contribution in [0.1, 0.15) is 19.3 Å². The fraction of sp³-hybridized carbons (Fsp3) is 0.906. The highest BCUT2D eigenvalue weighted by Crippen LogP contribution is 1.97. The maximum atomic E-state index is 11.1. The Morgan fingerprint density at radius 1 is 0.370 bits per heavy atom. The molecule has 0 aliphatic carbocycles. The first-order chi connectivity index (χ1) is 22.8. The third-order valence-corrected chi connectivity index (χ3v) is 5.71. The Labute approximate surface area is 276 Å². The summed E-state index contributed by atoms with van der Waals surface area (Å²) in [5, 5.41) is 0. The molecule has 14 nitrogen and oxygen atoms in total. The van der Waals surface area contributed by atoms with Crippen LogP contribution >= 0.6 is 0 Å². The highest BCUT2D eigenvalue weighted by Gasteiger charge is 1.98. The zero-order valence-corrected chi connectivity index (χ0v) is 28.3. The van der Waals surface area contributed by atoms with Crippen LogP contribution in [-0.4, -0.2) is 178 Å². The number of methoxy groups -OCH3 is 1. The highest BCUT2D eigenvalue weighted by atomic mass is 16.6. The van der Waals surface area contributed by atoms with Gasteiger partial charge in [-0.1, -0.05) is 6.58 Å². The summed E-state index contributed by atoms with van der Waals surface area (Å²) in [5.74, 6) is 0.0772. The fourth-order valence-electron chi connectivity index (χ4n) is 3.27. The molecule has 46 heavy (non-hydrogen) atoms. The Bertz CT molecular complexity index is 599. The lowest BCUT2D eigenvalue weighted by atomic mass is 10.2. The van der Waals surface area contributed by atoms with Gasteiger partial charge in [-0.2, -0.15) is 0 Å². The summed E-state index contributed by atoms with van der Waals surface area (Å²) < 4.78 is 70.2. The van der Waals surface area contributed by atoms with E-state index in [0.717, 1.165) is 12.8 Å². The van der Waals surface area contributed by atoms with E-state index in [9.17, 15) is 4.79 Å². The quantitative estimate of drug-likeness (QED) is 0.0689. The van der Waals surface area contributed by atoms with Gasteiger partial charge in [-0.25, -0.2) is 0 Å². The van der Waals surface area contributed by atoms with Crippen molar-refractivity contribution in [2.75, 3.05) is 172 Å². The molecule has 0 aromatic carbocycles. The van der Waals surface area contributed by atoms with Gasteiger partial charge in [0, 0.05) is 20.1 Å². The molecule has 0 aromatic heterocycles. The molecule has 0 aromatic rings. The van der Waals surface area contributed by atoms with Crippen molar-refractivity contribution >= 4 is 5.78 Å². The number of rotatable bonds is 42. The molecule has 14 heteroatoms. The van der Waals surface area contributed by atoms with Crippen molar-refractivity contribution in [2.45, 2.75) is 19.3 Å². The topological polar surface area (TPSA) is 137 Å². The number of allylic oxidation sites excluding steroid dienone is 1. The van der Waals surface area contributed by atoms with Gasteiger partial charge in [-0.15, -0.1) is 0 Å². The van der Waals surface area contributed by atoms with Crippen LogP contribution in [0, 0.1) is 0 Å².